The minimum absolute atomic E-state index is 0.0384. The smallest absolute Gasteiger partial charge is 0.305 e. The molecule has 2 aliphatic heterocycles. The first-order valence-electron chi connectivity index (χ1n) is 25.9. The number of H-pyrrole nitrogens is 2. The summed E-state index contributed by atoms with van der Waals surface area (Å²) in [5.74, 6) is -7.58. The lowest BCUT2D eigenvalue weighted by Crippen LogP contribution is -2.63. The quantitative estimate of drug-likeness (QED) is 0.0196. The van der Waals surface area contributed by atoms with E-state index in [2.05, 4.69) is 46.5 Å². The number of hydrogen-bond acceptors (Lipinski definition) is 12. The topological polar surface area (TPSA) is 401 Å². The second kappa shape index (κ2) is 27.4. The highest BCUT2D eigenvalue weighted by Gasteiger charge is 2.43. The van der Waals surface area contributed by atoms with Gasteiger partial charge in [0, 0.05) is 67.8 Å². The van der Waals surface area contributed by atoms with Gasteiger partial charge in [0.25, 0.3) is 0 Å². The fourth-order valence-electron chi connectivity index (χ4n) is 9.81. The number of fused-ring (bicyclic) bond motifs is 4. The summed E-state index contributed by atoms with van der Waals surface area (Å²) in [5, 5.41) is 24.0. The third-order valence-corrected chi connectivity index (χ3v) is 13.7. The molecule has 0 spiro atoms. The molecular weight excluding hydrogens is 995 g/mol. The van der Waals surface area contributed by atoms with Crippen LogP contribution in [0.25, 0.3) is 10.9 Å². The van der Waals surface area contributed by atoms with Crippen LogP contribution in [-0.2, 0) is 75.5 Å². The summed E-state index contributed by atoms with van der Waals surface area (Å²) < 4.78 is 0. The number of aliphatic carboxylic acids is 1. The molecule has 0 radical (unpaired) electrons. The van der Waals surface area contributed by atoms with E-state index in [1.54, 1.807) is 24.3 Å². The van der Waals surface area contributed by atoms with Gasteiger partial charge in [-0.15, -0.1) is 0 Å². The van der Waals surface area contributed by atoms with E-state index in [0.717, 1.165) is 22.0 Å². The molecule has 25 nitrogen and oxygen atoms in total. The van der Waals surface area contributed by atoms with Crippen molar-refractivity contribution in [1.82, 2.24) is 51.3 Å². The monoisotopic (exact) mass is 1070 g/mol. The van der Waals surface area contributed by atoms with Gasteiger partial charge in [0.15, 0.2) is 5.96 Å². The van der Waals surface area contributed by atoms with Gasteiger partial charge in [0.1, 0.15) is 42.3 Å². The van der Waals surface area contributed by atoms with Gasteiger partial charge in [-0.2, -0.15) is 0 Å². The van der Waals surface area contributed by atoms with Gasteiger partial charge >= 0.3 is 5.97 Å². The van der Waals surface area contributed by atoms with E-state index in [1.807, 2.05) is 31.2 Å². The summed E-state index contributed by atoms with van der Waals surface area (Å²) >= 11 is 0. The summed E-state index contributed by atoms with van der Waals surface area (Å²) in [6.45, 7) is 3.30. The van der Waals surface area contributed by atoms with Gasteiger partial charge in [0.2, 0.25) is 47.3 Å². The minimum Gasteiger partial charge on any atom is -0.481 e. The predicted molar refractivity (Wildman–Crippen MR) is 282 cm³/mol. The molecule has 7 atom stereocenters. The number of nitrogens with zero attached hydrogens (tertiary/aromatic N) is 4. The standard InChI is InChI=1S/C52H71N15O10/c1-3-4-15-37(60-29(2)68)46(72)64-39(24-44(69)70)47(73)65-40(22-32-25-57-28-59-32)51(77)66-26-31-13-6-5-12-30(31)21-42(66)48(74)63-38(18-11-20-58-52(55)56)50(76)67-27-41-34(33-14-7-8-16-35(33)61-41)23-43(67)49(75)62-36(45(54)71)17-9-10-19-53/h5-8,12-14,16,25,28,36-40,42-43,61H,3-4,9-11,15,17-24,26-27,53H2,1-2H3,(H2,54,71)(H,57,59)(H,60,68)(H,62,75)(H,63,74)(H,64,72)(H,65,73)(H,69,70)(H4,55,56,58)/t36-,37-,38-,39-,40-,42+,43?/m0/s1. The molecule has 8 amide bonds. The molecule has 0 saturated heterocycles. The van der Waals surface area contributed by atoms with Crippen molar-refractivity contribution in [2.24, 2.45) is 27.9 Å². The third-order valence-electron chi connectivity index (χ3n) is 13.7. The van der Waals surface area contributed by atoms with Crippen molar-refractivity contribution in [1.29, 1.82) is 0 Å². The molecule has 2 aromatic heterocycles. The van der Waals surface area contributed by atoms with Crippen LogP contribution in [-0.4, -0.2) is 144 Å². The molecule has 4 heterocycles. The molecule has 4 aromatic rings. The van der Waals surface area contributed by atoms with Crippen LogP contribution in [0.1, 0.15) is 99.7 Å². The number of primary amides is 1. The van der Waals surface area contributed by atoms with E-state index in [1.165, 1.54) is 29.2 Å². The lowest BCUT2D eigenvalue weighted by molar-refractivity contribution is -0.148. The molecule has 77 heavy (non-hydrogen) atoms. The molecule has 0 bridgehead atoms. The highest BCUT2D eigenvalue weighted by atomic mass is 16.4. The van der Waals surface area contributed by atoms with E-state index in [9.17, 15) is 33.9 Å². The van der Waals surface area contributed by atoms with Gasteiger partial charge in [0.05, 0.1) is 19.3 Å². The number of imidazole rings is 1. The SMILES string of the molecule is CCCC[C@H](NC(C)=O)C(=O)N[C@@H](CC(=O)O)C(=O)N[C@@H](Cc1cnc[nH]1)C(=O)N1Cc2ccccc2C[C@@H]1C(=O)N[C@@H](CCCN=C(N)N)C(=O)N1Cc2[nH]c3ccccc3c2CC1C(=O)N[C@@H](CCCCN)C(N)=O. The normalized spacial score (nSPS) is 16.8. The molecule has 0 saturated carbocycles. The van der Waals surface area contributed by atoms with Crippen LogP contribution in [0.15, 0.2) is 66.0 Å². The van der Waals surface area contributed by atoms with Gasteiger partial charge < -0.3 is 74.4 Å². The number of nitrogens with two attached hydrogens (primary N) is 4. The number of aromatic amines is 2. The molecular formula is C52H71N15O10. The summed E-state index contributed by atoms with van der Waals surface area (Å²) in [7, 11) is 0. The Morgan fingerprint density at radius 1 is 0.727 bits per heavy atom. The van der Waals surface area contributed by atoms with E-state index in [4.69, 9.17) is 22.9 Å². The van der Waals surface area contributed by atoms with Crippen molar-refractivity contribution < 1.29 is 48.3 Å². The molecule has 25 heteroatoms. The Labute approximate surface area is 444 Å². The Kier molecular flexibility index (Phi) is 20.6. The Morgan fingerprint density at radius 2 is 1.35 bits per heavy atom. The Balaban J connectivity index is 1.34. The summed E-state index contributed by atoms with van der Waals surface area (Å²) in [6.07, 6.45) is 4.52. The Bertz CT molecular complexity index is 2790. The maximum atomic E-state index is 15.3. The van der Waals surface area contributed by atoms with E-state index >= 15 is 14.4 Å². The number of para-hydroxylation sites is 1. The number of unbranched alkanes of at least 4 members (excludes halogenated alkanes) is 2. The maximum absolute atomic E-state index is 15.3. The molecule has 0 fully saturated rings. The zero-order valence-corrected chi connectivity index (χ0v) is 43.3. The number of aliphatic imine (C=N–C) groups is 1. The average molecular weight is 1070 g/mol. The first-order valence-corrected chi connectivity index (χ1v) is 25.9. The fourth-order valence-corrected chi connectivity index (χ4v) is 9.81. The lowest BCUT2D eigenvalue weighted by atomic mass is 9.91. The number of hydrogen-bond donors (Lipinski definition) is 12. The van der Waals surface area contributed by atoms with Crippen LogP contribution in [0, 0.1) is 0 Å². The maximum Gasteiger partial charge on any atom is 0.305 e. The number of benzene rings is 2. The molecule has 2 aliphatic rings. The molecule has 0 aliphatic carbocycles. The zero-order chi connectivity index (χ0) is 55.8. The van der Waals surface area contributed by atoms with E-state index in [-0.39, 0.29) is 70.5 Å². The number of carbonyl (C=O) groups is 9. The molecule has 1 unspecified atom stereocenters. The van der Waals surface area contributed by atoms with Crippen molar-refractivity contribution in [2.45, 2.75) is 146 Å². The third kappa shape index (κ3) is 15.6. The van der Waals surface area contributed by atoms with Crippen molar-refractivity contribution in [3.8, 4) is 0 Å². The number of carbonyl (C=O) groups excluding carboxylic acids is 8. The second-order valence-electron chi connectivity index (χ2n) is 19.4. The van der Waals surface area contributed by atoms with Crippen LogP contribution in [0.2, 0.25) is 0 Å². The predicted octanol–water partition coefficient (Wildman–Crippen LogP) is -0.883. The van der Waals surface area contributed by atoms with Crippen LogP contribution >= 0.6 is 0 Å². The number of carboxylic acids is 1. The first-order chi connectivity index (χ1) is 36.9. The number of amides is 8. The van der Waals surface area contributed by atoms with Gasteiger partial charge in [-0.1, -0.05) is 62.2 Å². The summed E-state index contributed by atoms with van der Waals surface area (Å²) in [6, 6.07) is 5.41. The van der Waals surface area contributed by atoms with E-state index < -0.39 is 102 Å². The van der Waals surface area contributed by atoms with Gasteiger partial charge in [-0.25, -0.2) is 4.98 Å². The largest absolute Gasteiger partial charge is 0.481 e. The second-order valence-corrected chi connectivity index (χ2v) is 19.4. The lowest BCUT2D eigenvalue weighted by Gasteiger charge is -2.40. The van der Waals surface area contributed by atoms with Crippen LogP contribution in [0.3, 0.4) is 0 Å². The number of guanidine groups is 1. The number of aromatic nitrogens is 3. The Morgan fingerprint density at radius 3 is 2.01 bits per heavy atom. The van der Waals surface area contributed by atoms with Crippen molar-refractivity contribution in [3.63, 3.8) is 0 Å². The molecule has 16 N–H and O–H groups in total. The van der Waals surface area contributed by atoms with E-state index in [0.29, 0.717) is 49.2 Å². The average Bonchev–Trinajstić information content (AvgIpc) is 4.08. The van der Waals surface area contributed by atoms with Gasteiger partial charge in [-0.05, 0) is 67.8 Å². The molecule has 414 valence electrons. The number of nitrogens with one attached hydrogen (secondary N) is 7. The van der Waals surface area contributed by atoms with Crippen LogP contribution < -0.4 is 49.5 Å². The number of carboxylic acid groups (broad SMARTS) is 1. The van der Waals surface area contributed by atoms with Crippen molar-refractivity contribution in [3.05, 3.63) is 89.1 Å². The van der Waals surface area contributed by atoms with Crippen LogP contribution in [0.5, 0.6) is 0 Å². The minimum atomic E-state index is -1.71. The first kappa shape index (κ1) is 57.9. The Hall–Kier alpha value is -8.35. The fraction of sp³-hybridized carbons (Fsp3) is 0.481. The zero-order valence-electron chi connectivity index (χ0n) is 43.3. The number of rotatable bonds is 27. The van der Waals surface area contributed by atoms with Crippen molar-refractivity contribution >= 4 is 70.1 Å². The highest BCUT2D eigenvalue weighted by molar-refractivity contribution is 5.99. The highest BCUT2D eigenvalue weighted by Crippen LogP contribution is 2.32. The van der Waals surface area contributed by atoms with Gasteiger partial charge in [-0.3, -0.25) is 48.1 Å². The summed E-state index contributed by atoms with van der Waals surface area (Å²) in [5.41, 5.74) is 26.8. The van der Waals surface area contributed by atoms with Crippen LogP contribution in [0.4, 0.5) is 0 Å². The molecule has 2 aromatic carbocycles. The molecule has 6 rings (SSSR count). The summed E-state index contributed by atoms with van der Waals surface area (Å²) in [4.78, 5) is 142. The van der Waals surface area contributed by atoms with Crippen molar-refractivity contribution in [2.75, 3.05) is 13.1 Å².